The standard InChI is InChI=1S/C19H15NO4S/c1-2-24-18(22)13-7-5-8-14(10-13)20-17(21)16-11-12-6-3-4-9-15(12)19(23)25-16/h3-11H,2H2,1H3,(H,20,21). The maximum atomic E-state index is 12.5. The molecule has 0 bridgehead atoms. The molecular weight excluding hydrogens is 338 g/mol. The molecule has 0 fully saturated rings. The molecule has 0 saturated carbocycles. The molecule has 0 saturated heterocycles. The van der Waals surface area contributed by atoms with Crippen LogP contribution in [0.1, 0.15) is 27.0 Å². The van der Waals surface area contributed by atoms with Gasteiger partial charge in [0.2, 0.25) is 4.74 Å². The van der Waals surface area contributed by atoms with Gasteiger partial charge in [0.15, 0.2) is 0 Å². The average Bonchev–Trinajstić information content (AvgIpc) is 2.62. The van der Waals surface area contributed by atoms with Gasteiger partial charge in [0.05, 0.1) is 17.0 Å². The van der Waals surface area contributed by atoms with Gasteiger partial charge in [0.25, 0.3) is 5.91 Å². The van der Waals surface area contributed by atoms with Crippen molar-refractivity contribution in [3.05, 3.63) is 74.6 Å². The number of carbonyl (C=O) groups excluding carboxylic acids is 2. The van der Waals surface area contributed by atoms with Crippen molar-refractivity contribution in [2.75, 3.05) is 11.9 Å². The van der Waals surface area contributed by atoms with Crippen LogP contribution in [0, 0.1) is 0 Å². The Kier molecular flexibility index (Phi) is 4.90. The molecule has 1 N–H and O–H groups in total. The Labute approximate surface area is 147 Å². The molecule has 2 aromatic carbocycles. The number of esters is 1. The van der Waals surface area contributed by atoms with Crippen molar-refractivity contribution < 1.29 is 14.3 Å². The van der Waals surface area contributed by atoms with Crippen molar-refractivity contribution in [3.8, 4) is 0 Å². The van der Waals surface area contributed by atoms with E-state index in [0.29, 0.717) is 21.5 Å². The van der Waals surface area contributed by atoms with Gasteiger partial charge >= 0.3 is 5.97 Å². The van der Waals surface area contributed by atoms with E-state index in [1.807, 2.05) is 6.07 Å². The lowest BCUT2D eigenvalue weighted by Crippen LogP contribution is -2.13. The van der Waals surface area contributed by atoms with Crippen molar-refractivity contribution in [2.24, 2.45) is 0 Å². The molecule has 3 aromatic rings. The monoisotopic (exact) mass is 353 g/mol. The number of benzene rings is 2. The minimum absolute atomic E-state index is 0.163. The Morgan fingerprint density at radius 2 is 1.88 bits per heavy atom. The summed E-state index contributed by atoms with van der Waals surface area (Å²) in [5.74, 6) is -0.845. The second-order valence-electron chi connectivity index (χ2n) is 5.24. The first kappa shape index (κ1) is 16.9. The number of hydrogen-bond donors (Lipinski definition) is 1. The number of nitrogens with one attached hydrogen (secondary N) is 1. The van der Waals surface area contributed by atoms with Crippen LogP contribution in [-0.4, -0.2) is 18.5 Å². The summed E-state index contributed by atoms with van der Waals surface area (Å²) in [4.78, 5) is 36.7. The molecule has 5 nitrogen and oxygen atoms in total. The van der Waals surface area contributed by atoms with Crippen LogP contribution in [-0.2, 0) is 4.74 Å². The highest BCUT2D eigenvalue weighted by atomic mass is 32.1. The molecular formula is C19H15NO4S. The molecule has 0 spiro atoms. The first-order valence-corrected chi connectivity index (χ1v) is 8.51. The first-order valence-electron chi connectivity index (χ1n) is 7.70. The molecule has 126 valence electrons. The summed E-state index contributed by atoms with van der Waals surface area (Å²) < 4.78 is 4.78. The fraction of sp³-hybridized carbons (Fsp3) is 0.105. The Morgan fingerprint density at radius 3 is 2.68 bits per heavy atom. The third kappa shape index (κ3) is 3.75. The number of hydrogen-bond acceptors (Lipinski definition) is 5. The third-order valence-electron chi connectivity index (χ3n) is 3.53. The van der Waals surface area contributed by atoms with E-state index >= 15 is 0 Å². The van der Waals surface area contributed by atoms with E-state index in [9.17, 15) is 14.4 Å². The Balaban J connectivity index is 1.87. The van der Waals surface area contributed by atoms with Crippen LogP contribution in [0.5, 0.6) is 0 Å². The zero-order valence-corrected chi connectivity index (χ0v) is 14.3. The van der Waals surface area contributed by atoms with Gasteiger partial charge in [-0.3, -0.25) is 9.59 Å². The lowest BCUT2D eigenvalue weighted by Gasteiger charge is -2.07. The van der Waals surface area contributed by atoms with E-state index in [-0.39, 0.29) is 11.3 Å². The van der Waals surface area contributed by atoms with Gasteiger partial charge in [-0.15, -0.1) is 0 Å². The van der Waals surface area contributed by atoms with E-state index in [1.54, 1.807) is 55.5 Å². The summed E-state index contributed by atoms with van der Waals surface area (Å²) in [5, 5.41) is 4.02. The van der Waals surface area contributed by atoms with Gasteiger partial charge in [-0.2, -0.15) is 0 Å². The number of fused-ring (bicyclic) bond motifs is 1. The predicted molar refractivity (Wildman–Crippen MR) is 98.4 cm³/mol. The van der Waals surface area contributed by atoms with Gasteiger partial charge in [-0.05, 0) is 42.6 Å². The normalized spacial score (nSPS) is 10.4. The predicted octanol–water partition coefficient (Wildman–Crippen LogP) is 3.69. The third-order valence-corrected chi connectivity index (χ3v) is 4.45. The summed E-state index contributed by atoms with van der Waals surface area (Å²) in [7, 11) is 0. The zero-order valence-electron chi connectivity index (χ0n) is 13.4. The van der Waals surface area contributed by atoms with Crippen molar-refractivity contribution in [2.45, 2.75) is 6.92 Å². The number of anilines is 1. The molecule has 0 atom stereocenters. The molecule has 0 radical (unpaired) electrons. The van der Waals surface area contributed by atoms with Crippen LogP contribution >= 0.6 is 11.3 Å². The largest absolute Gasteiger partial charge is 0.462 e. The lowest BCUT2D eigenvalue weighted by atomic mass is 10.2. The number of ether oxygens (including phenoxy) is 1. The zero-order chi connectivity index (χ0) is 17.8. The van der Waals surface area contributed by atoms with E-state index < -0.39 is 11.9 Å². The minimum atomic E-state index is -0.450. The lowest BCUT2D eigenvalue weighted by molar-refractivity contribution is 0.0526. The number of carbonyl (C=O) groups is 2. The maximum Gasteiger partial charge on any atom is 0.338 e. The number of amides is 1. The second kappa shape index (κ2) is 7.27. The Hall–Kier alpha value is -2.99. The van der Waals surface area contributed by atoms with E-state index in [4.69, 9.17) is 4.74 Å². The topological polar surface area (TPSA) is 72.5 Å². The molecule has 0 aliphatic heterocycles. The Bertz CT molecular complexity index is 1010. The van der Waals surface area contributed by atoms with Crippen LogP contribution in [0.4, 0.5) is 5.69 Å². The molecule has 1 aromatic heterocycles. The molecule has 1 amide bonds. The molecule has 3 rings (SSSR count). The van der Waals surface area contributed by atoms with E-state index in [2.05, 4.69) is 5.32 Å². The summed E-state index contributed by atoms with van der Waals surface area (Å²) in [5.41, 5.74) is 0.815. The second-order valence-corrected chi connectivity index (χ2v) is 6.26. The fourth-order valence-corrected chi connectivity index (χ4v) is 3.20. The minimum Gasteiger partial charge on any atom is -0.462 e. The molecule has 0 aliphatic carbocycles. The van der Waals surface area contributed by atoms with Crippen molar-refractivity contribution in [3.63, 3.8) is 0 Å². The highest BCUT2D eigenvalue weighted by Gasteiger charge is 2.12. The van der Waals surface area contributed by atoms with Crippen LogP contribution in [0.15, 0.2) is 59.4 Å². The highest BCUT2D eigenvalue weighted by molar-refractivity contribution is 7.12. The SMILES string of the molecule is CCOC(=O)c1cccc(NC(=O)c2cc3ccccc3c(=O)s2)c1. The van der Waals surface area contributed by atoms with E-state index in [0.717, 1.165) is 16.7 Å². The van der Waals surface area contributed by atoms with Crippen molar-refractivity contribution in [1.29, 1.82) is 0 Å². The van der Waals surface area contributed by atoms with Crippen LogP contribution in [0.25, 0.3) is 10.8 Å². The summed E-state index contributed by atoms with van der Waals surface area (Å²) in [6.07, 6.45) is 0. The first-order chi connectivity index (χ1) is 12.1. The van der Waals surface area contributed by atoms with Gasteiger partial charge in [0.1, 0.15) is 0 Å². The quantitative estimate of drug-likeness (QED) is 0.726. The van der Waals surface area contributed by atoms with Gasteiger partial charge < -0.3 is 10.1 Å². The fourth-order valence-electron chi connectivity index (χ4n) is 2.38. The average molecular weight is 353 g/mol. The van der Waals surface area contributed by atoms with Crippen molar-refractivity contribution in [1.82, 2.24) is 0 Å². The van der Waals surface area contributed by atoms with Crippen LogP contribution in [0.3, 0.4) is 0 Å². The summed E-state index contributed by atoms with van der Waals surface area (Å²) in [6.45, 7) is 2.01. The maximum absolute atomic E-state index is 12.5. The smallest absolute Gasteiger partial charge is 0.338 e. The van der Waals surface area contributed by atoms with Crippen LogP contribution in [0.2, 0.25) is 0 Å². The van der Waals surface area contributed by atoms with E-state index in [1.165, 1.54) is 0 Å². The van der Waals surface area contributed by atoms with Gasteiger partial charge in [-0.25, -0.2) is 4.79 Å². The molecule has 6 heteroatoms. The molecule has 25 heavy (non-hydrogen) atoms. The molecule has 0 unspecified atom stereocenters. The summed E-state index contributed by atoms with van der Waals surface area (Å²) >= 11 is 0.894. The highest BCUT2D eigenvalue weighted by Crippen LogP contribution is 2.18. The number of rotatable bonds is 4. The van der Waals surface area contributed by atoms with Crippen LogP contribution < -0.4 is 10.1 Å². The molecule has 1 heterocycles. The summed E-state index contributed by atoms with van der Waals surface area (Å²) in [6, 6.07) is 15.3. The molecule has 0 aliphatic rings. The van der Waals surface area contributed by atoms with Crippen molar-refractivity contribution >= 4 is 39.7 Å². The van der Waals surface area contributed by atoms with Gasteiger partial charge in [-0.1, -0.05) is 35.6 Å². The Morgan fingerprint density at radius 1 is 1.08 bits per heavy atom. The van der Waals surface area contributed by atoms with Gasteiger partial charge in [0, 0.05) is 11.1 Å².